The topological polar surface area (TPSA) is 49.8 Å². The normalized spacial score (nSPS) is 29.1. The third-order valence-electron chi connectivity index (χ3n) is 11.4. The summed E-state index contributed by atoms with van der Waals surface area (Å²) >= 11 is 2.63. The first-order valence-electron chi connectivity index (χ1n) is 17.3. The van der Waals surface area contributed by atoms with Gasteiger partial charge < -0.3 is 18.6 Å². The molecule has 3 aliphatic heterocycles. The van der Waals surface area contributed by atoms with Gasteiger partial charge in [-0.1, -0.05) is 102 Å². The fourth-order valence-electron chi connectivity index (χ4n) is 7.77. The zero-order valence-corrected chi connectivity index (χ0v) is 32.6. The van der Waals surface area contributed by atoms with Crippen molar-refractivity contribution in [2.24, 2.45) is 5.41 Å². The lowest BCUT2D eigenvalue weighted by Gasteiger charge is -2.47. The van der Waals surface area contributed by atoms with Gasteiger partial charge in [-0.25, -0.2) is 0 Å². The van der Waals surface area contributed by atoms with Crippen LogP contribution in [0.2, 0.25) is 18.1 Å². The molecule has 2 fully saturated rings. The first-order valence-corrected chi connectivity index (χ1v) is 21.4. The van der Waals surface area contributed by atoms with Crippen LogP contribution in [0.25, 0.3) is 0 Å². The van der Waals surface area contributed by atoms with Crippen LogP contribution < -0.4 is 0 Å². The number of hydrogen-bond donors (Lipinski definition) is 0. The van der Waals surface area contributed by atoms with E-state index in [1.807, 2.05) is 0 Å². The van der Waals surface area contributed by atoms with Crippen LogP contribution in [-0.2, 0) is 36.1 Å². The smallest absolute Gasteiger partial charge is 0.192 e. The molecule has 4 heterocycles. The maximum absolute atomic E-state index is 7.58. The van der Waals surface area contributed by atoms with Gasteiger partial charge in [-0.15, -0.1) is 0 Å². The molecule has 0 amide bonds. The van der Waals surface area contributed by atoms with Crippen LogP contribution in [0.1, 0.15) is 138 Å². The van der Waals surface area contributed by atoms with E-state index in [2.05, 4.69) is 115 Å². The Hall–Kier alpha value is -0.843. The summed E-state index contributed by atoms with van der Waals surface area (Å²) < 4.78 is 27.2. The highest BCUT2D eigenvalue weighted by molar-refractivity contribution is 14.1. The van der Waals surface area contributed by atoms with Gasteiger partial charge in [0.25, 0.3) is 0 Å². The molecule has 0 bridgehead atoms. The second kappa shape index (κ2) is 11.9. The lowest BCUT2D eigenvalue weighted by atomic mass is 9.69. The summed E-state index contributed by atoms with van der Waals surface area (Å²) in [4.78, 5) is 5.75. The fraction of sp³-hybridized carbons (Fsp3) is 0.711. The van der Waals surface area contributed by atoms with Crippen molar-refractivity contribution in [1.82, 2.24) is 4.98 Å². The Labute approximate surface area is 287 Å². The predicted molar refractivity (Wildman–Crippen MR) is 193 cm³/mol. The third-order valence-corrected chi connectivity index (χ3v) is 17.3. The lowest BCUT2D eigenvalue weighted by molar-refractivity contribution is -0.113. The highest BCUT2D eigenvalue weighted by Crippen LogP contribution is 2.60. The Bertz CT molecular complexity index is 1400. The van der Waals surface area contributed by atoms with Crippen LogP contribution in [0.3, 0.4) is 0 Å². The van der Waals surface area contributed by atoms with Crippen molar-refractivity contribution in [2.75, 3.05) is 26.4 Å². The Morgan fingerprint density at radius 2 is 1.60 bits per heavy atom. The molecule has 7 heteroatoms. The molecule has 0 saturated carbocycles. The third kappa shape index (κ3) is 6.25. The molecule has 1 aromatic heterocycles. The maximum Gasteiger partial charge on any atom is 0.192 e. The van der Waals surface area contributed by atoms with Crippen molar-refractivity contribution in [3.63, 3.8) is 0 Å². The first kappa shape index (κ1) is 34.0. The molecule has 5 nitrogen and oxygen atoms in total. The SMILES string of the molecule is CC1(C)Cc2nc(C3CCOCC3)c3c(c2C(O[Si](C)(C)C(C)(C)C)C1)C1(CCOCC1I)O[C@@H]3c1ccc(C(C)(C)C)cc1. The molecule has 45 heavy (non-hydrogen) atoms. The van der Waals surface area contributed by atoms with E-state index in [0.717, 1.165) is 45.3 Å². The van der Waals surface area contributed by atoms with Crippen LogP contribution in [0, 0.1) is 5.41 Å². The standard InChI is InChI=1S/C38H56INO4Si/c1-35(2,3)26-13-11-25(12-14-26)34-31-32(38(43-34)17-20-42-23-29(38)39)30-27(40-33(31)24-15-18-41-19-16-24)21-37(7,8)22-28(30)44-45(9,10)36(4,5)6/h11-14,24,28-29,34H,15-23H2,1-10H3/t28?,29?,34-,38?/m1/s1. The quantitative estimate of drug-likeness (QED) is 0.177. The molecule has 6 rings (SSSR count). The van der Waals surface area contributed by atoms with E-state index < -0.39 is 13.9 Å². The zero-order valence-electron chi connectivity index (χ0n) is 29.4. The molecule has 4 aliphatic rings. The van der Waals surface area contributed by atoms with Gasteiger partial charge in [0.15, 0.2) is 8.32 Å². The minimum atomic E-state index is -2.10. The van der Waals surface area contributed by atoms with E-state index in [-0.39, 0.29) is 32.0 Å². The number of pyridine rings is 1. The number of halogens is 1. The van der Waals surface area contributed by atoms with E-state index in [4.69, 9.17) is 23.6 Å². The van der Waals surface area contributed by atoms with Crippen molar-refractivity contribution in [3.8, 4) is 0 Å². The number of ether oxygens (including phenoxy) is 3. The summed E-state index contributed by atoms with van der Waals surface area (Å²) in [5.74, 6) is 0.366. The average Bonchev–Trinajstić information content (AvgIpc) is 3.28. The van der Waals surface area contributed by atoms with Crippen LogP contribution in [0.15, 0.2) is 24.3 Å². The Kier molecular flexibility index (Phi) is 9.03. The highest BCUT2D eigenvalue weighted by atomic mass is 127. The van der Waals surface area contributed by atoms with Gasteiger partial charge in [0.05, 0.1) is 22.3 Å². The molecule has 1 aliphatic carbocycles. The van der Waals surface area contributed by atoms with E-state index in [0.29, 0.717) is 19.1 Å². The van der Waals surface area contributed by atoms with Crippen molar-refractivity contribution in [3.05, 3.63) is 63.5 Å². The van der Waals surface area contributed by atoms with Crippen LogP contribution >= 0.6 is 22.6 Å². The van der Waals surface area contributed by atoms with Gasteiger partial charge in [-0.05, 0) is 65.8 Å². The number of rotatable bonds is 4. The predicted octanol–water partition coefficient (Wildman–Crippen LogP) is 9.85. The lowest BCUT2D eigenvalue weighted by Crippen LogP contribution is -2.47. The van der Waals surface area contributed by atoms with Crippen molar-refractivity contribution in [1.29, 1.82) is 0 Å². The van der Waals surface area contributed by atoms with Crippen molar-refractivity contribution in [2.45, 2.75) is 139 Å². The molecule has 0 N–H and O–H groups in total. The molecule has 1 aromatic carbocycles. The summed E-state index contributed by atoms with van der Waals surface area (Å²) in [5, 5.41) is 0.114. The number of benzene rings is 1. The summed E-state index contributed by atoms with van der Waals surface area (Å²) in [6.07, 6.45) is 4.67. The number of hydrogen-bond acceptors (Lipinski definition) is 5. The van der Waals surface area contributed by atoms with Crippen LogP contribution in [0.5, 0.6) is 0 Å². The number of alkyl halides is 1. The molecule has 2 saturated heterocycles. The highest BCUT2D eigenvalue weighted by Gasteiger charge is 2.57. The van der Waals surface area contributed by atoms with Gasteiger partial charge >= 0.3 is 0 Å². The Balaban J connectivity index is 1.63. The fourth-order valence-corrected chi connectivity index (χ4v) is 10.1. The molecule has 248 valence electrons. The van der Waals surface area contributed by atoms with E-state index >= 15 is 0 Å². The first-order chi connectivity index (χ1) is 20.9. The second-order valence-corrected chi connectivity index (χ2v) is 23.8. The molecular formula is C38H56INO4Si. The summed E-state index contributed by atoms with van der Waals surface area (Å²) in [6, 6.07) is 9.24. The number of aromatic nitrogens is 1. The van der Waals surface area contributed by atoms with Crippen LogP contribution in [0.4, 0.5) is 0 Å². The molecule has 3 unspecified atom stereocenters. The molecule has 2 aromatic rings. The molecular weight excluding hydrogens is 689 g/mol. The van der Waals surface area contributed by atoms with Crippen molar-refractivity contribution < 1.29 is 18.6 Å². The zero-order chi connectivity index (χ0) is 32.6. The second-order valence-electron chi connectivity index (χ2n) is 17.5. The average molecular weight is 746 g/mol. The largest absolute Gasteiger partial charge is 0.410 e. The summed E-state index contributed by atoms with van der Waals surface area (Å²) in [7, 11) is -2.10. The molecule has 4 atom stereocenters. The summed E-state index contributed by atoms with van der Waals surface area (Å²) in [6.45, 7) is 26.5. The number of nitrogens with zero attached hydrogens (tertiary/aromatic N) is 1. The summed E-state index contributed by atoms with van der Waals surface area (Å²) in [5.41, 5.74) is 8.91. The van der Waals surface area contributed by atoms with E-state index in [1.165, 1.54) is 39.2 Å². The Morgan fingerprint density at radius 1 is 0.933 bits per heavy atom. The van der Waals surface area contributed by atoms with Crippen LogP contribution in [-0.4, -0.2) is 43.7 Å². The van der Waals surface area contributed by atoms with E-state index in [1.54, 1.807) is 0 Å². The van der Waals surface area contributed by atoms with Gasteiger partial charge in [-0.2, -0.15) is 0 Å². The van der Waals surface area contributed by atoms with Gasteiger partial charge in [0.1, 0.15) is 11.7 Å². The van der Waals surface area contributed by atoms with Gasteiger partial charge in [-0.3, -0.25) is 4.98 Å². The monoisotopic (exact) mass is 745 g/mol. The van der Waals surface area contributed by atoms with Gasteiger partial charge in [0.2, 0.25) is 0 Å². The molecule has 1 spiro atoms. The van der Waals surface area contributed by atoms with Crippen molar-refractivity contribution >= 4 is 30.9 Å². The number of fused-ring (bicyclic) bond motifs is 4. The maximum atomic E-state index is 7.58. The Morgan fingerprint density at radius 3 is 2.20 bits per heavy atom. The van der Waals surface area contributed by atoms with E-state index in [9.17, 15) is 0 Å². The molecule has 0 radical (unpaired) electrons. The minimum Gasteiger partial charge on any atom is -0.410 e. The van der Waals surface area contributed by atoms with Gasteiger partial charge in [0, 0.05) is 54.5 Å². The minimum absolute atomic E-state index is 0.00330.